The fraction of sp³-hybridized carbons (Fsp3) is 0.897. The maximum absolute atomic E-state index is 12.3. The Balaban J connectivity index is 1.58. The van der Waals surface area contributed by atoms with Gasteiger partial charge < -0.3 is 14.2 Å². The number of carbonyl (C=O) groups is 3. The average molecular weight is 491 g/mol. The molecule has 0 spiro atoms. The predicted molar refractivity (Wildman–Crippen MR) is 132 cm³/mol. The largest absolute Gasteiger partial charge is 0.469 e. The second-order valence-corrected chi connectivity index (χ2v) is 12.6. The van der Waals surface area contributed by atoms with Gasteiger partial charge in [0.2, 0.25) is 0 Å². The molecule has 6 nitrogen and oxygen atoms in total. The highest BCUT2D eigenvalue weighted by molar-refractivity contribution is 5.69. The van der Waals surface area contributed by atoms with Crippen molar-refractivity contribution in [3.05, 3.63) is 0 Å². The number of esters is 3. The molecule has 9 unspecified atom stereocenters. The number of hydrogen-bond donors (Lipinski definition) is 0. The van der Waals surface area contributed by atoms with Gasteiger partial charge in [-0.3, -0.25) is 14.4 Å². The molecule has 0 aromatic carbocycles. The molecule has 4 saturated carbocycles. The van der Waals surface area contributed by atoms with Crippen molar-refractivity contribution < 1.29 is 28.6 Å². The van der Waals surface area contributed by atoms with Gasteiger partial charge in [0.05, 0.1) is 7.11 Å². The fourth-order valence-electron chi connectivity index (χ4n) is 9.48. The van der Waals surface area contributed by atoms with E-state index in [0.717, 1.165) is 38.5 Å². The fourth-order valence-corrected chi connectivity index (χ4v) is 9.48. The second kappa shape index (κ2) is 10.0. The molecule has 0 amide bonds. The third kappa shape index (κ3) is 4.75. The van der Waals surface area contributed by atoms with Crippen LogP contribution in [-0.4, -0.2) is 37.2 Å². The number of hydrogen-bond acceptors (Lipinski definition) is 6. The van der Waals surface area contributed by atoms with E-state index >= 15 is 0 Å². The Kier molecular flexibility index (Phi) is 7.60. The first kappa shape index (κ1) is 26.5. The van der Waals surface area contributed by atoms with Crippen molar-refractivity contribution in [2.45, 2.75) is 111 Å². The first-order chi connectivity index (χ1) is 16.5. The van der Waals surface area contributed by atoms with Gasteiger partial charge in [0, 0.05) is 25.7 Å². The van der Waals surface area contributed by atoms with Crippen LogP contribution >= 0.6 is 0 Å². The van der Waals surface area contributed by atoms with Gasteiger partial charge in [-0.05, 0) is 98.7 Å². The maximum atomic E-state index is 12.3. The lowest BCUT2D eigenvalue weighted by Crippen LogP contribution is -2.59. The third-order valence-corrected chi connectivity index (χ3v) is 11.1. The van der Waals surface area contributed by atoms with Crippen LogP contribution in [0.2, 0.25) is 0 Å². The molecule has 0 heterocycles. The zero-order chi connectivity index (χ0) is 25.5. The molecule has 0 N–H and O–H groups in total. The zero-order valence-electron chi connectivity index (χ0n) is 22.6. The topological polar surface area (TPSA) is 78.9 Å². The number of carbonyl (C=O) groups excluding carboxylic acids is 3. The normalized spacial score (nSPS) is 43.2. The molecule has 10 atom stereocenters. The SMILES string of the molecule is COC(=O)CCC(C)C1CCC2C3CCC4C[C@H](OC(C)=O)CCC4(C)C3CC(OC(C)=O)C12C. The van der Waals surface area contributed by atoms with Crippen molar-refractivity contribution in [1.82, 2.24) is 0 Å². The van der Waals surface area contributed by atoms with Crippen LogP contribution in [0.1, 0.15) is 98.8 Å². The van der Waals surface area contributed by atoms with E-state index in [9.17, 15) is 14.4 Å². The average Bonchev–Trinajstić information content (AvgIpc) is 3.16. The summed E-state index contributed by atoms with van der Waals surface area (Å²) in [5.74, 6) is 2.60. The molecule has 0 aromatic rings. The van der Waals surface area contributed by atoms with E-state index in [1.165, 1.54) is 33.3 Å². The molecule has 0 bridgehead atoms. The summed E-state index contributed by atoms with van der Waals surface area (Å²) in [6.45, 7) is 10.2. The molecule has 4 rings (SSSR count). The van der Waals surface area contributed by atoms with Crippen LogP contribution in [0, 0.1) is 46.3 Å². The molecule has 0 aromatic heterocycles. The highest BCUT2D eigenvalue weighted by Gasteiger charge is 2.65. The van der Waals surface area contributed by atoms with Gasteiger partial charge in [0.15, 0.2) is 0 Å². The van der Waals surface area contributed by atoms with Gasteiger partial charge in [-0.1, -0.05) is 20.8 Å². The molecule has 198 valence electrons. The van der Waals surface area contributed by atoms with Crippen LogP contribution in [0.5, 0.6) is 0 Å². The standard InChI is InChI=1S/C29H46O6/c1-17(7-12-27(32)33-6)23-10-11-24-22-9-8-20-15-21(34-18(2)30)13-14-28(20,4)25(22)16-26(29(23,24)5)35-19(3)31/h17,20-26H,7-16H2,1-6H3/t17?,20?,21-,22?,23?,24?,25?,26?,28?,29?/m1/s1. The van der Waals surface area contributed by atoms with E-state index < -0.39 is 0 Å². The molecule has 0 saturated heterocycles. The van der Waals surface area contributed by atoms with E-state index in [-0.39, 0.29) is 40.9 Å². The Morgan fingerprint density at radius 2 is 1.63 bits per heavy atom. The van der Waals surface area contributed by atoms with Crippen LogP contribution in [-0.2, 0) is 28.6 Å². The van der Waals surface area contributed by atoms with Crippen LogP contribution in [0.3, 0.4) is 0 Å². The summed E-state index contributed by atoms with van der Waals surface area (Å²) in [6, 6.07) is 0. The maximum Gasteiger partial charge on any atom is 0.305 e. The lowest BCUT2D eigenvalue weighted by Gasteiger charge is -2.62. The first-order valence-electron chi connectivity index (χ1n) is 13.9. The summed E-state index contributed by atoms with van der Waals surface area (Å²) in [4.78, 5) is 35.7. The number of ether oxygens (including phenoxy) is 3. The minimum absolute atomic E-state index is 0.0479. The quantitative estimate of drug-likeness (QED) is 0.351. The van der Waals surface area contributed by atoms with E-state index in [4.69, 9.17) is 14.2 Å². The summed E-state index contributed by atoms with van der Waals surface area (Å²) < 4.78 is 16.7. The Morgan fingerprint density at radius 3 is 2.29 bits per heavy atom. The third-order valence-electron chi connectivity index (χ3n) is 11.1. The van der Waals surface area contributed by atoms with Crippen molar-refractivity contribution in [3.63, 3.8) is 0 Å². The summed E-state index contributed by atoms with van der Waals surface area (Å²) in [6.07, 6.45) is 9.87. The zero-order valence-corrected chi connectivity index (χ0v) is 22.6. The predicted octanol–water partition coefficient (Wildman–Crippen LogP) is 5.71. The Hall–Kier alpha value is -1.59. The van der Waals surface area contributed by atoms with Gasteiger partial charge in [0.25, 0.3) is 0 Å². The van der Waals surface area contributed by atoms with Crippen LogP contribution in [0.15, 0.2) is 0 Å². The van der Waals surface area contributed by atoms with E-state index in [2.05, 4.69) is 20.8 Å². The molecule has 0 aliphatic heterocycles. The minimum atomic E-state index is -0.183. The van der Waals surface area contributed by atoms with Gasteiger partial charge in [0.1, 0.15) is 12.2 Å². The summed E-state index contributed by atoms with van der Waals surface area (Å²) in [5, 5.41) is 0. The van der Waals surface area contributed by atoms with Crippen LogP contribution in [0.25, 0.3) is 0 Å². The number of methoxy groups -OCH3 is 1. The minimum Gasteiger partial charge on any atom is -0.469 e. The highest BCUT2D eigenvalue weighted by Crippen LogP contribution is 2.69. The molecular formula is C29H46O6. The van der Waals surface area contributed by atoms with Crippen LogP contribution < -0.4 is 0 Å². The summed E-state index contributed by atoms with van der Waals surface area (Å²) in [7, 11) is 1.45. The van der Waals surface area contributed by atoms with Crippen molar-refractivity contribution in [2.75, 3.05) is 7.11 Å². The van der Waals surface area contributed by atoms with Crippen molar-refractivity contribution in [1.29, 1.82) is 0 Å². The number of fused-ring (bicyclic) bond motifs is 5. The van der Waals surface area contributed by atoms with Crippen molar-refractivity contribution in [3.8, 4) is 0 Å². The van der Waals surface area contributed by atoms with Gasteiger partial charge in [-0.15, -0.1) is 0 Å². The smallest absolute Gasteiger partial charge is 0.305 e. The summed E-state index contributed by atoms with van der Waals surface area (Å²) in [5.41, 5.74) is 0.147. The molecule has 6 heteroatoms. The van der Waals surface area contributed by atoms with Crippen molar-refractivity contribution in [2.24, 2.45) is 46.3 Å². The van der Waals surface area contributed by atoms with Gasteiger partial charge in [-0.2, -0.15) is 0 Å². The molecule has 35 heavy (non-hydrogen) atoms. The van der Waals surface area contributed by atoms with Gasteiger partial charge in [-0.25, -0.2) is 0 Å². The Bertz CT molecular complexity index is 824. The van der Waals surface area contributed by atoms with E-state index in [0.29, 0.717) is 41.9 Å². The summed E-state index contributed by atoms with van der Waals surface area (Å²) >= 11 is 0. The highest BCUT2D eigenvalue weighted by atomic mass is 16.5. The lowest BCUT2D eigenvalue weighted by molar-refractivity contribution is -0.197. The van der Waals surface area contributed by atoms with E-state index in [1.807, 2.05) is 0 Å². The Morgan fingerprint density at radius 1 is 0.914 bits per heavy atom. The molecule has 4 aliphatic rings. The molecule has 0 radical (unpaired) electrons. The molecular weight excluding hydrogens is 444 g/mol. The van der Waals surface area contributed by atoms with Crippen LogP contribution in [0.4, 0.5) is 0 Å². The Labute approximate surface area is 211 Å². The van der Waals surface area contributed by atoms with Gasteiger partial charge >= 0.3 is 17.9 Å². The monoisotopic (exact) mass is 490 g/mol. The first-order valence-corrected chi connectivity index (χ1v) is 13.9. The molecule has 4 fully saturated rings. The van der Waals surface area contributed by atoms with Crippen molar-refractivity contribution >= 4 is 17.9 Å². The molecule has 4 aliphatic carbocycles. The van der Waals surface area contributed by atoms with E-state index in [1.54, 1.807) is 6.92 Å². The lowest BCUT2D eigenvalue weighted by atomic mass is 9.43. The second-order valence-electron chi connectivity index (χ2n) is 12.6. The number of rotatable bonds is 6.